The molecule has 0 aliphatic carbocycles. The molecule has 23 heavy (non-hydrogen) atoms. The van der Waals surface area contributed by atoms with Crippen molar-refractivity contribution in [2.45, 2.75) is 36.6 Å². The first-order chi connectivity index (χ1) is 11.0. The molecule has 3 rings (SSSR count). The van der Waals surface area contributed by atoms with Crippen LogP contribution in [-0.2, 0) is 4.74 Å². The number of aromatic amines is 1. The van der Waals surface area contributed by atoms with Crippen LogP contribution in [0.3, 0.4) is 0 Å². The van der Waals surface area contributed by atoms with Crippen LogP contribution in [-0.4, -0.2) is 65.5 Å². The summed E-state index contributed by atoms with van der Waals surface area (Å²) in [6.45, 7) is 1.45. The fraction of sp³-hybridized carbons (Fsp3) is 0.583. The predicted molar refractivity (Wildman–Crippen MR) is 82.0 cm³/mol. The van der Waals surface area contributed by atoms with Crippen molar-refractivity contribution in [2.75, 3.05) is 18.1 Å². The van der Waals surface area contributed by atoms with Gasteiger partial charge in [0.25, 0.3) is 5.56 Å². The van der Waals surface area contributed by atoms with Crippen LogP contribution in [0.5, 0.6) is 0 Å². The smallest absolute Gasteiger partial charge is 0.280 e. The number of aromatic nitrogens is 4. The number of nitrogens with two attached hydrogens (primary N) is 1. The van der Waals surface area contributed by atoms with Crippen LogP contribution in [0.2, 0.25) is 0 Å². The maximum absolute atomic E-state index is 12.0. The second-order valence-corrected chi connectivity index (χ2v) is 6.28. The number of nitrogen functional groups attached to an aromatic ring is 1. The number of hydrogen-bond donors (Lipinski definition) is 5. The van der Waals surface area contributed by atoms with Gasteiger partial charge in [0.2, 0.25) is 5.95 Å². The first-order valence-corrected chi connectivity index (χ1v) is 7.99. The van der Waals surface area contributed by atoms with Gasteiger partial charge in [-0.1, -0.05) is 18.7 Å². The quantitative estimate of drug-likeness (QED) is 0.413. The third-order valence-corrected chi connectivity index (χ3v) is 4.42. The lowest BCUT2D eigenvalue weighted by Gasteiger charge is -2.18. The zero-order chi connectivity index (χ0) is 16.7. The number of H-pyrrole nitrogens is 1. The number of nitrogens with one attached hydrogen (secondary N) is 1. The molecule has 0 saturated carbocycles. The maximum Gasteiger partial charge on any atom is 0.280 e. The largest absolute Gasteiger partial charge is 0.394 e. The third kappa shape index (κ3) is 2.60. The van der Waals surface area contributed by atoms with E-state index in [0.29, 0.717) is 10.9 Å². The first-order valence-electron chi connectivity index (χ1n) is 7.00. The van der Waals surface area contributed by atoms with Gasteiger partial charge in [-0.3, -0.25) is 14.3 Å². The molecule has 1 saturated heterocycles. The van der Waals surface area contributed by atoms with Crippen molar-refractivity contribution < 1.29 is 20.1 Å². The summed E-state index contributed by atoms with van der Waals surface area (Å²) < 4.78 is 6.95. The molecule has 0 spiro atoms. The standard InChI is InChI=1S/C12H17N5O5S/c1-2-23-12-14-5-8(15-11(13)16-9(5)21)17(12)10-7(20)6(19)4(3-18)22-10/h4,6-7,10,18-20H,2-3H2,1H3,(H3,13,15,16,21). The summed E-state index contributed by atoms with van der Waals surface area (Å²) >= 11 is 1.32. The topological polar surface area (TPSA) is 160 Å². The van der Waals surface area contributed by atoms with Crippen molar-refractivity contribution in [3.8, 4) is 0 Å². The van der Waals surface area contributed by atoms with E-state index in [1.54, 1.807) is 0 Å². The van der Waals surface area contributed by atoms with E-state index >= 15 is 0 Å². The summed E-state index contributed by atoms with van der Waals surface area (Å²) in [6, 6.07) is 0. The van der Waals surface area contributed by atoms with Gasteiger partial charge in [0.05, 0.1) is 6.61 Å². The number of aliphatic hydroxyl groups is 3. The van der Waals surface area contributed by atoms with Crippen LogP contribution in [0, 0.1) is 0 Å². The molecular formula is C12H17N5O5S. The van der Waals surface area contributed by atoms with Crippen LogP contribution in [0.4, 0.5) is 5.95 Å². The second kappa shape index (κ2) is 6.09. The number of thioether (sulfide) groups is 1. The molecule has 0 radical (unpaired) electrons. The highest BCUT2D eigenvalue weighted by Gasteiger charge is 2.45. The van der Waals surface area contributed by atoms with Gasteiger partial charge < -0.3 is 25.8 Å². The lowest BCUT2D eigenvalue weighted by atomic mass is 10.1. The monoisotopic (exact) mass is 343 g/mol. The summed E-state index contributed by atoms with van der Waals surface area (Å²) in [5, 5.41) is 29.8. The zero-order valence-corrected chi connectivity index (χ0v) is 13.0. The van der Waals surface area contributed by atoms with Gasteiger partial charge in [-0.25, -0.2) is 4.98 Å². The van der Waals surface area contributed by atoms with E-state index in [4.69, 9.17) is 10.5 Å². The van der Waals surface area contributed by atoms with Crippen LogP contribution >= 0.6 is 11.8 Å². The lowest BCUT2D eigenvalue weighted by molar-refractivity contribution is -0.0548. The Morgan fingerprint density at radius 1 is 1.39 bits per heavy atom. The van der Waals surface area contributed by atoms with E-state index in [1.807, 2.05) is 6.92 Å². The Morgan fingerprint density at radius 3 is 2.74 bits per heavy atom. The highest BCUT2D eigenvalue weighted by atomic mass is 32.2. The van der Waals surface area contributed by atoms with E-state index in [-0.39, 0.29) is 17.1 Å². The molecule has 4 atom stereocenters. The Kier molecular flexibility index (Phi) is 4.29. The number of imidazole rings is 1. The second-order valence-electron chi connectivity index (χ2n) is 5.05. The van der Waals surface area contributed by atoms with Crippen molar-refractivity contribution in [2.24, 2.45) is 0 Å². The molecule has 2 aromatic heterocycles. The van der Waals surface area contributed by atoms with E-state index in [1.165, 1.54) is 16.3 Å². The van der Waals surface area contributed by atoms with Crippen molar-refractivity contribution in [3.05, 3.63) is 10.4 Å². The molecule has 0 amide bonds. The predicted octanol–water partition coefficient (Wildman–Crippen LogP) is -1.57. The molecule has 1 aliphatic heterocycles. The number of anilines is 1. The fourth-order valence-corrected chi connectivity index (χ4v) is 3.28. The summed E-state index contributed by atoms with van der Waals surface area (Å²) in [7, 11) is 0. The maximum atomic E-state index is 12.0. The Balaban J connectivity index is 2.19. The number of nitrogens with zero attached hydrogens (tertiary/aromatic N) is 3. The van der Waals surface area contributed by atoms with Crippen molar-refractivity contribution >= 4 is 28.9 Å². The summed E-state index contributed by atoms with van der Waals surface area (Å²) in [6.07, 6.45) is -4.54. The molecule has 10 nitrogen and oxygen atoms in total. The van der Waals surface area contributed by atoms with E-state index < -0.39 is 36.7 Å². The van der Waals surface area contributed by atoms with Gasteiger partial charge in [-0.2, -0.15) is 4.98 Å². The van der Waals surface area contributed by atoms with Gasteiger partial charge in [0, 0.05) is 0 Å². The van der Waals surface area contributed by atoms with Crippen LogP contribution < -0.4 is 11.3 Å². The molecule has 1 fully saturated rings. The van der Waals surface area contributed by atoms with Crippen LogP contribution in [0.15, 0.2) is 9.95 Å². The summed E-state index contributed by atoms with van der Waals surface area (Å²) in [5.41, 5.74) is 5.29. The minimum Gasteiger partial charge on any atom is -0.394 e. The SMILES string of the molecule is CCSc1nc2c(=O)[nH]c(N)nc2n1C1OC(CO)C(O)C1O. The highest BCUT2D eigenvalue weighted by molar-refractivity contribution is 7.99. The summed E-state index contributed by atoms with van der Waals surface area (Å²) in [4.78, 5) is 22.7. The molecular weight excluding hydrogens is 326 g/mol. The van der Waals surface area contributed by atoms with E-state index in [2.05, 4.69) is 15.0 Å². The Labute approximate surface area is 134 Å². The lowest BCUT2D eigenvalue weighted by Crippen LogP contribution is -2.33. The highest BCUT2D eigenvalue weighted by Crippen LogP contribution is 2.34. The number of rotatable bonds is 4. The average molecular weight is 343 g/mol. The summed E-state index contributed by atoms with van der Waals surface area (Å²) in [5.74, 6) is 0.564. The Morgan fingerprint density at radius 2 is 2.13 bits per heavy atom. The molecule has 11 heteroatoms. The number of fused-ring (bicyclic) bond motifs is 1. The molecule has 6 N–H and O–H groups in total. The van der Waals surface area contributed by atoms with E-state index in [9.17, 15) is 20.1 Å². The number of aliphatic hydroxyl groups excluding tert-OH is 3. The fourth-order valence-electron chi connectivity index (χ4n) is 2.53. The van der Waals surface area contributed by atoms with Gasteiger partial charge in [-0.15, -0.1) is 0 Å². The van der Waals surface area contributed by atoms with Gasteiger partial charge >= 0.3 is 0 Å². The molecule has 2 aromatic rings. The molecule has 4 unspecified atom stereocenters. The molecule has 126 valence electrons. The normalized spacial score (nSPS) is 27.8. The zero-order valence-electron chi connectivity index (χ0n) is 12.2. The van der Waals surface area contributed by atoms with Crippen molar-refractivity contribution in [1.29, 1.82) is 0 Å². The van der Waals surface area contributed by atoms with Crippen molar-refractivity contribution in [1.82, 2.24) is 19.5 Å². The third-order valence-electron chi connectivity index (χ3n) is 3.58. The van der Waals surface area contributed by atoms with E-state index in [0.717, 1.165) is 0 Å². The number of hydrogen-bond acceptors (Lipinski definition) is 9. The Hall–Kier alpha value is -1.66. The average Bonchev–Trinajstić information content (AvgIpc) is 2.99. The molecule has 3 heterocycles. The molecule has 0 aromatic carbocycles. The molecule has 0 bridgehead atoms. The first kappa shape index (κ1) is 16.2. The minimum atomic E-state index is -1.30. The molecule has 1 aliphatic rings. The van der Waals surface area contributed by atoms with Crippen molar-refractivity contribution in [3.63, 3.8) is 0 Å². The van der Waals surface area contributed by atoms with Gasteiger partial charge in [-0.05, 0) is 5.75 Å². The van der Waals surface area contributed by atoms with Gasteiger partial charge in [0.15, 0.2) is 22.5 Å². The van der Waals surface area contributed by atoms with Crippen LogP contribution in [0.25, 0.3) is 11.2 Å². The van der Waals surface area contributed by atoms with Gasteiger partial charge in [0.1, 0.15) is 18.3 Å². The van der Waals surface area contributed by atoms with Crippen LogP contribution in [0.1, 0.15) is 13.2 Å². The Bertz CT molecular complexity index is 777. The number of ether oxygens (including phenoxy) is 1. The minimum absolute atomic E-state index is 0.0629.